The Bertz CT molecular complexity index is 503. The Labute approximate surface area is 132 Å². The second-order valence-electron chi connectivity index (χ2n) is 5.55. The molecule has 1 saturated carbocycles. The van der Waals surface area contributed by atoms with Gasteiger partial charge in [0.15, 0.2) is 0 Å². The number of hydrogen-bond donors (Lipinski definition) is 2. The number of hydrazone groups is 1. The summed E-state index contributed by atoms with van der Waals surface area (Å²) in [6, 6.07) is 7.26. The van der Waals surface area contributed by atoms with Crippen LogP contribution >= 0.6 is 0 Å². The van der Waals surface area contributed by atoms with E-state index in [0.717, 1.165) is 30.0 Å². The molecule has 2 N–H and O–H groups in total. The van der Waals surface area contributed by atoms with Gasteiger partial charge in [0, 0.05) is 11.4 Å². The highest BCUT2D eigenvalue weighted by atomic mass is 16.5. The van der Waals surface area contributed by atoms with Gasteiger partial charge in [-0.25, -0.2) is 5.43 Å². The van der Waals surface area contributed by atoms with Crippen molar-refractivity contribution in [1.29, 1.82) is 0 Å². The second kappa shape index (κ2) is 8.41. The lowest BCUT2D eigenvalue weighted by molar-refractivity contribution is -0.121. The molecule has 1 aromatic rings. The van der Waals surface area contributed by atoms with Gasteiger partial charge in [0.1, 0.15) is 11.8 Å². The van der Waals surface area contributed by atoms with Gasteiger partial charge in [0.25, 0.3) is 5.91 Å². The van der Waals surface area contributed by atoms with E-state index in [1.54, 1.807) is 7.11 Å². The van der Waals surface area contributed by atoms with Crippen molar-refractivity contribution in [2.75, 3.05) is 12.4 Å². The Morgan fingerprint density at radius 3 is 2.50 bits per heavy atom. The molecule has 2 rings (SSSR count). The highest BCUT2D eigenvalue weighted by Crippen LogP contribution is 2.17. The highest BCUT2D eigenvalue weighted by molar-refractivity contribution is 5.89. The standard InChI is InChI=1S/C17H25N3O2/c1-3-16(18-13-9-11-15(22-2)12-10-13)17(21)20-19-14-7-5-4-6-8-14/h9-12,16,18H,3-8H2,1-2H3,(H,20,21)/t16-/m1/s1. The van der Waals surface area contributed by atoms with Crippen LogP contribution in [0.5, 0.6) is 5.75 Å². The Hall–Kier alpha value is -2.04. The van der Waals surface area contributed by atoms with Gasteiger partial charge in [0.05, 0.1) is 7.11 Å². The normalized spacial score (nSPS) is 15.8. The fourth-order valence-corrected chi connectivity index (χ4v) is 2.53. The van der Waals surface area contributed by atoms with E-state index in [4.69, 9.17) is 4.74 Å². The number of carbonyl (C=O) groups excluding carboxylic acids is 1. The second-order valence-corrected chi connectivity index (χ2v) is 5.55. The fraction of sp³-hybridized carbons (Fsp3) is 0.529. The van der Waals surface area contributed by atoms with Gasteiger partial charge < -0.3 is 10.1 Å². The van der Waals surface area contributed by atoms with Crippen LogP contribution in [0.25, 0.3) is 0 Å². The van der Waals surface area contributed by atoms with Crippen molar-refractivity contribution >= 4 is 17.3 Å². The quantitative estimate of drug-likeness (QED) is 0.792. The average molecular weight is 303 g/mol. The van der Waals surface area contributed by atoms with E-state index >= 15 is 0 Å². The van der Waals surface area contributed by atoms with Gasteiger partial charge in [-0.1, -0.05) is 13.3 Å². The van der Waals surface area contributed by atoms with E-state index in [0.29, 0.717) is 6.42 Å². The molecule has 22 heavy (non-hydrogen) atoms. The zero-order valence-corrected chi connectivity index (χ0v) is 13.4. The molecule has 0 saturated heterocycles. The largest absolute Gasteiger partial charge is 0.497 e. The molecule has 0 heterocycles. The lowest BCUT2D eigenvalue weighted by Gasteiger charge is -2.18. The van der Waals surface area contributed by atoms with Crippen molar-refractivity contribution in [2.45, 2.75) is 51.5 Å². The van der Waals surface area contributed by atoms with Crippen molar-refractivity contribution in [2.24, 2.45) is 5.10 Å². The molecule has 1 aliphatic carbocycles. The molecule has 5 nitrogen and oxygen atoms in total. The first-order valence-electron chi connectivity index (χ1n) is 7.98. The van der Waals surface area contributed by atoms with Crippen molar-refractivity contribution in [3.05, 3.63) is 24.3 Å². The number of hydrogen-bond acceptors (Lipinski definition) is 4. The third-order valence-electron chi connectivity index (χ3n) is 3.91. The molecule has 0 aliphatic heterocycles. The summed E-state index contributed by atoms with van der Waals surface area (Å²) in [5, 5.41) is 7.51. The monoisotopic (exact) mass is 303 g/mol. The van der Waals surface area contributed by atoms with Gasteiger partial charge in [-0.15, -0.1) is 0 Å². The lowest BCUT2D eigenvalue weighted by atomic mass is 9.99. The number of benzene rings is 1. The minimum Gasteiger partial charge on any atom is -0.497 e. The number of ether oxygens (including phenoxy) is 1. The Morgan fingerprint density at radius 2 is 1.91 bits per heavy atom. The molecule has 5 heteroatoms. The van der Waals surface area contributed by atoms with E-state index in [-0.39, 0.29) is 11.9 Å². The number of carbonyl (C=O) groups is 1. The first kappa shape index (κ1) is 16.3. The molecule has 1 atom stereocenters. The van der Waals surface area contributed by atoms with Crippen LogP contribution in [-0.2, 0) is 4.79 Å². The Morgan fingerprint density at radius 1 is 1.23 bits per heavy atom. The molecule has 1 amide bonds. The molecule has 1 fully saturated rings. The zero-order valence-electron chi connectivity index (χ0n) is 13.4. The van der Waals surface area contributed by atoms with Crippen LogP contribution in [0.4, 0.5) is 5.69 Å². The minimum atomic E-state index is -0.290. The average Bonchev–Trinajstić information content (AvgIpc) is 2.59. The third-order valence-corrected chi connectivity index (χ3v) is 3.91. The maximum absolute atomic E-state index is 12.2. The van der Waals surface area contributed by atoms with E-state index in [1.807, 2.05) is 31.2 Å². The maximum atomic E-state index is 12.2. The van der Waals surface area contributed by atoms with Crippen LogP contribution < -0.4 is 15.5 Å². The summed E-state index contributed by atoms with van der Waals surface area (Å²) in [5.74, 6) is 0.711. The van der Waals surface area contributed by atoms with Crippen LogP contribution in [0.2, 0.25) is 0 Å². The number of methoxy groups -OCH3 is 1. The van der Waals surface area contributed by atoms with Crippen LogP contribution in [0, 0.1) is 0 Å². The predicted molar refractivity (Wildman–Crippen MR) is 89.4 cm³/mol. The van der Waals surface area contributed by atoms with Crippen LogP contribution in [0.15, 0.2) is 29.4 Å². The molecular formula is C17H25N3O2. The van der Waals surface area contributed by atoms with Crippen LogP contribution in [0.3, 0.4) is 0 Å². The number of nitrogens with one attached hydrogen (secondary N) is 2. The summed E-state index contributed by atoms with van der Waals surface area (Å²) in [5.41, 5.74) is 4.71. The van der Waals surface area contributed by atoms with Crippen molar-refractivity contribution < 1.29 is 9.53 Å². The van der Waals surface area contributed by atoms with Gasteiger partial charge in [-0.05, 0) is 56.4 Å². The van der Waals surface area contributed by atoms with Gasteiger partial charge in [-0.3, -0.25) is 4.79 Å². The smallest absolute Gasteiger partial charge is 0.262 e. The topological polar surface area (TPSA) is 62.7 Å². The Balaban J connectivity index is 1.90. The molecule has 1 aromatic carbocycles. The molecule has 1 aliphatic rings. The number of rotatable bonds is 6. The minimum absolute atomic E-state index is 0.0867. The summed E-state index contributed by atoms with van der Waals surface area (Å²) in [6.07, 6.45) is 6.32. The summed E-state index contributed by atoms with van der Waals surface area (Å²) < 4.78 is 5.13. The van der Waals surface area contributed by atoms with Gasteiger partial charge in [-0.2, -0.15) is 5.10 Å². The number of anilines is 1. The van der Waals surface area contributed by atoms with Crippen molar-refractivity contribution in [3.63, 3.8) is 0 Å². The van der Waals surface area contributed by atoms with E-state index in [1.165, 1.54) is 19.3 Å². The third kappa shape index (κ3) is 4.76. The fourth-order valence-electron chi connectivity index (χ4n) is 2.53. The molecule has 0 bridgehead atoms. The molecule has 0 spiro atoms. The van der Waals surface area contributed by atoms with Crippen molar-refractivity contribution in [3.8, 4) is 5.75 Å². The highest BCUT2D eigenvalue weighted by Gasteiger charge is 2.16. The van der Waals surface area contributed by atoms with Crippen LogP contribution in [0.1, 0.15) is 45.4 Å². The van der Waals surface area contributed by atoms with E-state index < -0.39 is 0 Å². The summed E-state index contributed by atoms with van der Waals surface area (Å²) >= 11 is 0. The molecular weight excluding hydrogens is 278 g/mol. The van der Waals surface area contributed by atoms with Gasteiger partial charge >= 0.3 is 0 Å². The van der Waals surface area contributed by atoms with Crippen LogP contribution in [-0.4, -0.2) is 24.8 Å². The maximum Gasteiger partial charge on any atom is 0.262 e. The number of nitrogens with zero attached hydrogens (tertiary/aromatic N) is 1. The first-order chi connectivity index (χ1) is 10.7. The summed E-state index contributed by atoms with van der Waals surface area (Å²) in [7, 11) is 1.63. The Kier molecular flexibility index (Phi) is 6.25. The molecule has 0 aromatic heterocycles. The SMILES string of the molecule is CC[C@@H](Nc1ccc(OC)cc1)C(=O)NN=C1CCCCC1. The first-order valence-corrected chi connectivity index (χ1v) is 7.98. The molecule has 0 unspecified atom stereocenters. The summed E-state index contributed by atoms with van der Waals surface area (Å²) in [6.45, 7) is 1.98. The molecule has 0 radical (unpaired) electrons. The van der Waals surface area contributed by atoms with Crippen molar-refractivity contribution in [1.82, 2.24) is 5.43 Å². The summed E-state index contributed by atoms with van der Waals surface area (Å²) in [4.78, 5) is 12.2. The van der Waals surface area contributed by atoms with E-state index in [2.05, 4.69) is 15.8 Å². The van der Waals surface area contributed by atoms with Gasteiger partial charge in [0.2, 0.25) is 0 Å². The number of amides is 1. The predicted octanol–water partition coefficient (Wildman–Crippen LogP) is 3.32. The lowest BCUT2D eigenvalue weighted by Crippen LogP contribution is -2.37. The van der Waals surface area contributed by atoms with E-state index in [9.17, 15) is 4.79 Å². The molecule has 120 valence electrons. The zero-order chi connectivity index (χ0) is 15.8.